The lowest BCUT2D eigenvalue weighted by Crippen LogP contribution is -2.44. The van der Waals surface area contributed by atoms with Crippen molar-refractivity contribution >= 4 is 17.5 Å². The molecule has 198 valence electrons. The third-order valence-electron chi connectivity index (χ3n) is 7.78. The second-order valence-corrected chi connectivity index (χ2v) is 12.4. The third-order valence-corrected chi connectivity index (χ3v) is 7.78. The molecule has 2 aromatic carbocycles. The number of nitrogens with zero attached hydrogens (tertiary/aromatic N) is 1. The molecule has 0 saturated heterocycles. The predicted molar refractivity (Wildman–Crippen MR) is 146 cm³/mol. The van der Waals surface area contributed by atoms with Crippen molar-refractivity contribution in [1.82, 2.24) is 4.90 Å². The first-order chi connectivity index (χ1) is 17.9. The van der Waals surface area contributed by atoms with Crippen LogP contribution >= 0.6 is 0 Å². The molecular formula is C32H36N2O4. The van der Waals surface area contributed by atoms with E-state index >= 15 is 0 Å². The van der Waals surface area contributed by atoms with Crippen LogP contribution in [-0.4, -0.2) is 29.0 Å². The Bertz CT molecular complexity index is 1310. The summed E-state index contributed by atoms with van der Waals surface area (Å²) in [6.07, 6.45) is 2.37. The van der Waals surface area contributed by atoms with Crippen molar-refractivity contribution in [1.29, 1.82) is 0 Å². The number of hydrogen-bond acceptors (Lipinski definition) is 5. The third kappa shape index (κ3) is 5.04. The van der Waals surface area contributed by atoms with Gasteiger partial charge in [-0.15, -0.1) is 0 Å². The second-order valence-electron chi connectivity index (χ2n) is 12.4. The molecule has 0 aromatic heterocycles. The molecule has 6 nitrogen and oxygen atoms in total. The molecular weight excluding hydrogens is 476 g/mol. The number of hydrogen-bond donors (Lipinski definition) is 1. The van der Waals surface area contributed by atoms with E-state index in [0.717, 1.165) is 46.5 Å². The minimum absolute atomic E-state index is 0.0898. The van der Waals surface area contributed by atoms with Crippen LogP contribution in [0.4, 0.5) is 0 Å². The van der Waals surface area contributed by atoms with Gasteiger partial charge in [0.25, 0.3) is 5.91 Å². The molecule has 3 aliphatic rings. The summed E-state index contributed by atoms with van der Waals surface area (Å²) in [6.45, 7) is 8.94. The first kappa shape index (κ1) is 26.0. The number of allylic oxidation sites excluding steroid dienone is 4. The number of ketones is 2. The predicted octanol–water partition coefficient (Wildman–Crippen LogP) is 5.44. The van der Waals surface area contributed by atoms with E-state index in [1.807, 2.05) is 36.4 Å². The van der Waals surface area contributed by atoms with E-state index in [1.54, 1.807) is 6.07 Å². The number of rotatable bonds is 6. The van der Waals surface area contributed by atoms with Gasteiger partial charge in [0, 0.05) is 47.8 Å². The van der Waals surface area contributed by atoms with Gasteiger partial charge >= 0.3 is 0 Å². The van der Waals surface area contributed by atoms with Gasteiger partial charge in [0.05, 0.1) is 0 Å². The second kappa shape index (κ2) is 9.57. The van der Waals surface area contributed by atoms with Gasteiger partial charge in [-0.2, -0.15) is 0 Å². The van der Waals surface area contributed by atoms with Crippen molar-refractivity contribution in [3.05, 3.63) is 88.3 Å². The number of primary amides is 1. The van der Waals surface area contributed by atoms with E-state index in [0.29, 0.717) is 25.1 Å². The number of benzene rings is 2. The Kier molecular flexibility index (Phi) is 6.54. The summed E-state index contributed by atoms with van der Waals surface area (Å²) in [5.41, 5.74) is 10.4. The van der Waals surface area contributed by atoms with E-state index in [-0.39, 0.29) is 29.0 Å². The standard InChI is InChI=1S/C32H36N2O4/c1-31(2)14-23-29(25(35)16-31)28(21-11-8-12-22(13-21)38-19-27(33)37)30-24(15-32(3,4)17-26(30)36)34(23)18-20-9-6-5-7-10-20/h5-13,28H,14-19H2,1-4H3,(H2,33,37). The fourth-order valence-electron chi connectivity index (χ4n) is 6.28. The molecule has 1 amide bonds. The molecule has 38 heavy (non-hydrogen) atoms. The number of carbonyl (C=O) groups is 3. The number of Topliss-reactive ketones (excluding diaryl/α,β-unsaturated/α-hetero) is 2. The molecule has 2 aliphatic carbocycles. The van der Waals surface area contributed by atoms with Gasteiger partial charge in [-0.25, -0.2) is 0 Å². The summed E-state index contributed by atoms with van der Waals surface area (Å²) in [5.74, 6) is -0.353. The zero-order valence-electron chi connectivity index (χ0n) is 22.7. The molecule has 1 aliphatic heterocycles. The highest BCUT2D eigenvalue weighted by Crippen LogP contribution is 2.54. The highest BCUT2D eigenvalue weighted by atomic mass is 16.5. The van der Waals surface area contributed by atoms with E-state index in [1.165, 1.54) is 0 Å². The van der Waals surface area contributed by atoms with Gasteiger partial charge < -0.3 is 15.4 Å². The monoisotopic (exact) mass is 512 g/mol. The van der Waals surface area contributed by atoms with Crippen LogP contribution in [0.2, 0.25) is 0 Å². The largest absolute Gasteiger partial charge is 0.484 e. The number of ether oxygens (including phenoxy) is 1. The first-order valence-electron chi connectivity index (χ1n) is 13.3. The van der Waals surface area contributed by atoms with Gasteiger partial charge in [0.1, 0.15) is 5.75 Å². The fraction of sp³-hybridized carbons (Fsp3) is 0.406. The lowest BCUT2D eigenvalue weighted by molar-refractivity contribution is -0.120. The minimum atomic E-state index is -0.561. The number of carbonyl (C=O) groups excluding carboxylic acids is 3. The topological polar surface area (TPSA) is 89.7 Å². The van der Waals surface area contributed by atoms with Crippen LogP contribution in [0.3, 0.4) is 0 Å². The summed E-state index contributed by atoms with van der Waals surface area (Å²) in [5, 5.41) is 0. The van der Waals surface area contributed by atoms with Crippen molar-refractivity contribution in [3.8, 4) is 5.75 Å². The van der Waals surface area contributed by atoms with E-state index in [4.69, 9.17) is 10.5 Å². The molecule has 0 fully saturated rings. The SMILES string of the molecule is CC1(C)CC(=O)C2=C(C1)N(Cc1ccccc1)C1=C(C(=O)CC(C)(C)C1)C2c1cccc(OCC(N)=O)c1. The molecule has 0 atom stereocenters. The molecule has 2 aromatic rings. The van der Waals surface area contributed by atoms with Crippen LogP contribution < -0.4 is 10.5 Å². The molecule has 0 saturated carbocycles. The van der Waals surface area contributed by atoms with Gasteiger partial charge in [0.15, 0.2) is 18.2 Å². The highest BCUT2D eigenvalue weighted by Gasteiger charge is 2.49. The van der Waals surface area contributed by atoms with Crippen molar-refractivity contribution in [2.75, 3.05) is 6.61 Å². The Labute approximate surface area is 224 Å². The maximum Gasteiger partial charge on any atom is 0.255 e. The zero-order valence-corrected chi connectivity index (χ0v) is 22.7. The van der Waals surface area contributed by atoms with E-state index < -0.39 is 11.8 Å². The van der Waals surface area contributed by atoms with Crippen LogP contribution in [0.15, 0.2) is 77.1 Å². The van der Waals surface area contributed by atoms with E-state index in [2.05, 4.69) is 44.7 Å². The zero-order chi connectivity index (χ0) is 27.2. The highest BCUT2D eigenvalue weighted by molar-refractivity contribution is 6.06. The van der Waals surface area contributed by atoms with E-state index in [9.17, 15) is 14.4 Å². The quantitative estimate of drug-likeness (QED) is 0.557. The van der Waals surface area contributed by atoms with Crippen LogP contribution in [-0.2, 0) is 20.9 Å². The van der Waals surface area contributed by atoms with Gasteiger partial charge in [0.2, 0.25) is 0 Å². The normalized spacial score (nSPS) is 20.8. The smallest absolute Gasteiger partial charge is 0.255 e. The van der Waals surface area contributed by atoms with Gasteiger partial charge in [-0.3, -0.25) is 14.4 Å². The molecule has 2 N–H and O–H groups in total. The first-order valence-corrected chi connectivity index (χ1v) is 13.3. The summed E-state index contributed by atoms with van der Waals surface area (Å²) in [7, 11) is 0. The van der Waals surface area contributed by atoms with Gasteiger partial charge in [-0.1, -0.05) is 70.2 Å². The summed E-state index contributed by atoms with van der Waals surface area (Å²) in [4.78, 5) is 41.4. The molecule has 5 rings (SSSR count). The Balaban J connectivity index is 1.71. The van der Waals surface area contributed by atoms with Crippen LogP contribution in [0, 0.1) is 10.8 Å². The maximum atomic E-state index is 13.9. The molecule has 6 heteroatoms. The summed E-state index contributed by atoms with van der Waals surface area (Å²) < 4.78 is 5.60. The number of nitrogens with two attached hydrogens (primary N) is 1. The minimum Gasteiger partial charge on any atom is -0.484 e. The van der Waals surface area contributed by atoms with Crippen molar-refractivity contribution in [3.63, 3.8) is 0 Å². The molecule has 0 bridgehead atoms. The summed E-state index contributed by atoms with van der Waals surface area (Å²) in [6, 6.07) is 17.6. The summed E-state index contributed by atoms with van der Waals surface area (Å²) >= 11 is 0. The molecule has 1 heterocycles. The Morgan fingerprint density at radius 3 is 2.00 bits per heavy atom. The van der Waals surface area contributed by atoms with Crippen molar-refractivity contribution in [2.24, 2.45) is 16.6 Å². The van der Waals surface area contributed by atoms with Crippen LogP contribution in [0.1, 0.15) is 70.4 Å². The maximum absolute atomic E-state index is 13.9. The Morgan fingerprint density at radius 1 is 0.868 bits per heavy atom. The van der Waals surface area contributed by atoms with Crippen LogP contribution in [0.5, 0.6) is 5.75 Å². The molecule has 0 unspecified atom stereocenters. The van der Waals surface area contributed by atoms with Crippen molar-refractivity contribution in [2.45, 2.75) is 65.8 Å². The lowest BCUT2D eigenvalue weighted by atomic mass is 9.63. The fourth-order valence-corrected chi connectivity index (χ4v) is 6.28. The Morgan fingerprint density at radius 2 is 1.45 bits per heavy atom. The average molecular weight is 513 g/mol. The van der Waals surface area contributed by atoms with Crippen LogP contribution in [0.25, 0.3) is 0 Å². The number of amides is 1. The molecule has 0 spiro atoms. The average Bonchev–Trinajstić information content (AvgIpc) is 2.83. The molecule has 0 radical (unpaired) electrons. The van der Waals surface area contributed by atoms with Gasteiger partial charge in [-0.05, 0) is 46.9 Å². The lowest BCUT2D eigenvalue weighted by Gasteiger charge is -2.49. The van der Waals surface area contributed by atoms with Crippen molar-refractivity contribution < 1.29 is 19.1 Å². The Hall–Kier alpha value is -3.67.